The van der Waals surface area contributed by atoms with E-state index in [0.717, 1.165) is 0 Å². The van der Waals surface area contributed by atoms with Gasteiger partial charge in [-0.2, -0.15) is 0 Å². The summed E-state index contributed by atoms with van der Waals surface area (Å²) >= 11 is 6.16. The molecule has 1 rings (SSSR count). The number of nitrogens with one attached hydrogen (secondary N) is 1. The van der Waals surface area contributed by atoms with Gasteiger partial charge in [0.2, 0.25) is 5.91 Å². The topological polar surface area (TPSA) is 67.9 Å². The molecule has 0 unspecified atom stereocenters. The first kappa shape index (κ1) is 21.1. The zero-order chi connectivity index (χ0) is 19.2. The van der Waals surface area contributed by atoms with Crippen molar-refractivity contribution in [3.05, 3.63) is 23.2 Å². The largest absolute Gasteiger partial charge is 0.492 e. The molecule has 1 aromatic rings. The Morgan fingerprint density at radius 1 is 1.28 bits per heavy atom. The van der Waals surface area contributed by atoms with Crippen LogP contribution < -0.4 is 10.1 Å². The van der Waals surface area contributed by atoms with Crippen LogP contribution in [-0.2, 0) is 9.53 Å². The van der Waals surface area contributed by atoms with Crippen LogP contribution in [0.3, 0.4) is 0 Å². The van der Waals surface area contributed by atoms with Crippen LogP contribution in [0.25, 0.3) is 0 Å². The lowest BCUT2D eigenvalue weighted by Crippen LogP contribution is -2.38. The molecule has 0 aliphatic carbocycles. The third-order valence-corrected chi connectivity index (χ3v) is 3.17. The SMILES string of the molecule is CC(C)COc1ccc(NC(=O)CN(C)C(=O)OC(C)(C)C)cc1Cl. The second-order valence-electron chi connectivity index (χ2n) is 7.23. The number of anilines is 1. The van der Waals surface area contributed by atoms with E-state index in [0.29, 0.717) is 29.0 Å². The number of hydrogen-bond donors (Lipinski definition) is 1. The molecule has 6 nitrogen and oxygen atoms in total. The van der Waals surface area contributed by atoms with E-state index < -0.39 is 11.7 Å². The number of ether oxygens (including phenoxy) is 2. The van der Waals surface area contributed by atoms with Crippen LogP contribution >= 0.6 is 11.6 Å². The second-order valence-corrected chi connectivity index (χ2v) is 7.64. The quantitative estimate of drug-likeness (QED) is 0.815. The normalized spacial score (nSPS) is 11.2. The summed E-state index contributed by atoms with van der Waals surface area (Å²) < 4.78 is 10.8. The molecule has 0 heterocycles. The molecule has 0 aromatic heterocycles. The van der Waals surface area contributed by atoms with E-state index in [1.54, 1.807) is 39.0 Å². The van der Waals surface area contributed by atoms with Crippen LogP contribution in [0, 0.1) is 5.92 Å². The molecular weight excluding hydrogens is 344 g/mol. The predicted octanol–water partition coefficient (Wildman–Crippen LogP) is 4.18. The van der Waals surface area contributed by atoms with Crippen molar-refractivity contribution in [3.8, 4) is 5.75 Å². The number of nitrogens with zero attached hydrogens (tertiary/aromatic N) is 1. The van der Waals surface area contributed by atoms with Gasteiger partial charge in [-0.05, 0) is 44.9 Å². The number of likely N-dealkylation sites (N-methyl/N-ethyl adjacent to an activating group) is 1. The molecule has 140 valence electrons. The molecule has 25 heavy (non-hydrogen) atoms. The molecule has 0 saturated heterocycles. The fourth-order valence-electron chi connectivity index (χ4n) is 1.77. The first-order valence-electron chi connectivity index (χ1n) is 8.14. The highest BCUT2D eigenvalue weighted by Crippen LogP contribution is 2.28. The average Bonchev–Trinajstić information content (AvgIpc) is 2.44. The summed E-state index contributed by atoms with van der Waals surface area (Å²) in [7, 11) is 1.50. The van der Waals surface area contributed by atoms with Crippen molar-refractivity contribution in [2.75, 3.05) is 25.5 Å². The fourth-order valence-corrected chi connectivity index (χ4v) is 2.01. The van der Waals surface area contributed by atoms with E-state index in [2.05, 4.69) is 5.32 Å². The van der Waals surface area contributed by atoms with Gasteiger partial charge in [0.25, 0.3) is 0 Å². The van der Waals surface area contributed by atoms with Gasteiger partial charge >= 0.3 is 6.09 Å². The lowest BCUT2D eigenvalue weighted by molar-refractivity contribution is -0.117. The Kier molecular flexibility index (Phi) is 7.55. The van der Waals surface area contributed by atoms with Crippen molar-refractivity contribution in [3.63, 3.8) is 0 Å². The van der Waals surface area contributed by atoms with Crippen molar-refractivity contribution in [1.29, 1.82) is 0 Å². The standard InChI is InChI=1S/C18H27ClN2O4/c1-12(2)11-24-15-8-7-13(9-14(15)19)20-16(22)10-21(6)17(23)25-18(3,4)5/h7-9,12H,10-11H2,1-6H3,(H,20,22). The number of amides is 2. The molecule has 1 aromatic carbocycles. The lowest BCUT2D eigenvalue weighted by atomic mass is 10.2. The summed E-state index contributed by atoms with van der Waals surface area (Å²) in [5.41, 5.74) is -0.0780. The Balaban J connectivity index is 2.59. The van der Waals surface area contributed by atoms with Gasteiger partial charge in [0.15, 0.2) is 0 Å². The summed E-state index contributed by atoms with van der Waals surface area (Å²) in [6.45, 7) is 9.83. The van der Waals surface area contributed by atoms with Crippen molar-refractivity contribution < 1.29 is 19.1 Å². The molecule has 2 amide bonds. The van der Waals surface area contributed by atoms with Crippen LogP contribution in [0.4, 0.5) is 10.5 Å². The van der Waals surface area contributed by atoms with Crippen molar-refractivity contribution >= 4 is 29.3 Å². The Morgan fingerprint density at radius 2 is 1.92 bits per heavy atom. The van der Waals surface area contributed by atoms with Crippen LogP contribution in [0.5, 0.6) is 5.75 Å². The highest BCUT2D eigenvalue weighted by atomic mass is 35.5. The van der Waals surface area contributed by atoms with Gasteiger partial charge in [-0.15, -0.1) is 0 Å². The van der Waals surface area contributed by atoms with E-state index in [9.17, 15) is 9.59 Å². The number of halogens is 1. The van der Waals surface area contributed by atoms with E-state index in [1.165, 1.54) is 11.9 Å². The summed E-state index contributed by atoms with van der Waals surface area (Å²) in [6.07, 6.45) is -0.557. The highest BCUT2D eigenvalue weighted by molar-refractivity contribution is 6.32. The van der Waals surface area contributed by atoms with Crippen molar-refractivity contribution in [1.82, 2.24) is 4.90 Å². The van der Waals surface area contributed by atoms with Gasteiger partial charge < -0.3 is 19.7 Å². The molecular formula is C18H27ClN2O4. The number of hydrogen-bond acceptors (Lipinski definition) is 4. The maximum Gasteiger partial charge on any atom is 0.410 e. The molecule has 0 aliphatic heterocycles. The summed E-state index contributed by atoms with van der Waals surface area (Å²) in [5.74, 6) is 0.610. The summed E-state index contributed by atoms with van der Waals surface area (Å²) in [6, 6.07) is 5.02. The lowest BCUT2D eigenvalue weighted by Gasteiger charge is -2.24. The van der Waals surface area contributed by atoms with Gasteiger partial charge in [-0.25, -0.2) is 4.79 Å². The zero-order valence-electron chi connectivity index (χ0n) is 15.7. The van der Waals surface area contributed by atoms with Crippen LogP contribution in [0.1, 0.15) is 34.6 Å². The predicted molar refractivity (Wildman–Crippen MR) is 99.3 cm³/mol. The van der Waals surface area contributed by atoms with Gasteiger partial charge in [-0.3, -0.25) is 4.79 Å². The maximum atomic E-state index is 12.1. The summed E-state index contributed by atoms with van der Waals surface area (Å²) in [5, 5.41) is 3.11. The average molecular weight is 371 g/mol. The van der Waals surface area contributed by atoms with E-state index in [4.69, 9.17) is 21.1 Å². The van der Waals surface area contributed by atoms with Crippen LogP contribution in [-0.4, -0.2) is 42.7 Å². The third kappa shape index (κ3) is 8.12. The number of rotatable bonds is 6. The van der Waals surface area contributed by atoms with Crippen LogP contribution in [0.15, 0.2) is 18.2 Å². The Hall–Kier alpha value is -1.95. The molecule has 0 aliphatic rings. The first-order chi connectivity index (χ1) is 11.5. The molecule has 0 bridgehead atoms. The van der Waals surface area contributed by atoms with E-state index >= 15 is 0 Å². The zero-order valence-corrected chi connectivity index (χ0v) is 16.4. The number of carbonyl (C=O) groups excluding carboxylic acids is 2. The van der Waals surface area contributed by atoms with Crippen LogP contribution in [0.2, 0.25) is 5.02 Å². The third-order valence-electron chi connectivity index (χ3n) is 2.87. The monoisotopic (exact) mass is 370 g/mol. The Morgan fingerprint density at radius 3 is 2.44 bits per heavy atom. The van der Waals surface area contributed by atoms with E-state index in [1.807, 2.05) is 13.8 Å². The van der Waals surface area contributed by atoms with Gasteiger partial charge in [-0.1, -0.05) is 25.4 Å². The second kappa shape index (κ2) is 8.94. The number of benzene rings is 1. The van der Waals surface area contributed by atoms with Gasteiger partial charge in [0.05, 0.1) is 11.6 Å². The molecule has 0 atom stereocenters. The van der Waals surface area contributed by atoms with Gasteiger partial charge in [0, 0.05) is 12.7 Å². The molecule has 0 saturated carbocycles. The molecule has 0 spiro atoms. The highest BCUT2D eigenvalue weighted by Gasteiger charge is 2.21. The number of carbonyl (C=O) groups is 2. The fraction of sp³-hybridized carbons (Fsp3) is 0.556. The molecule has 0 radical (unpaired) electrons. The minimum Gasteiger partial charge on any atom is -0.492 e. The first-order valence-corrected chi connectivity index (χ1v) is 8.52. The minimum atomic E-state index is -0.610. The Bertz CT molecular complexity index is 612. The minimum absolute atomic E-state index is 0.127. The van der Waals surface area contributed by atoms with E-state index in [-0.39, 0.29) is 12.5 Å². The smallest absolute Gasteiger partial charge is 0.410 e. The summed E-state index contributed by atoms with van der Waals surface area (Å²) in [4.78, 5) is 25.1. The maximum absolute atomic E-state index is 12.1. The van der Waals surface area contributed by atoms with Gasteiger partial charge in [0.1, 0.15) is 17.9 Å². The van der Waals surface area contributed by atoms with Crippen molar-refractivity contribution in [2.45, 2.75) is 40.2 Å². The molecule has 0 fully saturated rings. The molecule has 1 N–H and O–H groups in total. The Labute approximate surface area is 154 Å². The molecule has 7 heteroatoms. The van der Waals surface area contributed by atoms with Crippen molar-refractivity contribution in [2.24, 2.45) is 5.92 Å².